The van der Waals surface area contributed by atoms with E-state index >= 15 is 0 Å². The van der Waals surface area contributed by atoms with E-state index in [1.165, 1.54) is 11.1 Å². The molecule has 0 bridgehead atoms. The van der Waals surface area contributed by atoms with Crippen LogP contribution in [-0.2, 0) is 6.42 Å². The van der Waals surface area contributed by atoms with E-state index in [1.54, 1.807) is 12.5 Å². The number of anilines is 2. The maximum absolute atomic E-state index is 5.40. The molecule has 0 radical (unpaired) electrons. The highest BCUT2D eigenvalue weighted by atomic mass is 35.5. The van der Waals surface area contributed by atoms with Crippen LogP contribution in [-0.4, -0.2) is 30.0 Å². The van der Waals surface area contributed by atoms with E-state index in [0.29, 0.717) is 11.9 Å². The van der Waals surface area contributed by atoms with Gasteiger partial charge in [-0.25, -0.2) is 4.98 Å². The molecule has 27 heavy (non-hydrogen) atoms. The highest BCUT2D eigenvalue weighted by molar-refractivity contribution is 5.85. The van der Waals surface area contributed by atoms with E-state index in [0.717, 1.165) is 29.8 Å². The second-order valence-corrected chi connectivity index (χ2v) is 6.92. The number of rotatable bonds is 7. The molecule has 0 aliphatic heterocycles. The third-order valence-electron chi connectivity index (χ3n) is 4.82. The molecule has 144 valence electrons. The van der Waals surface area contributed by atoms with Crippen molar-refractivity contribution in [2.24, 2.45) is 0 Å². The molecule has 1 heterocycles. The van der Waals surface area contributed by atoms with E-state index in [2.05, 4.69) is 79.5 Å². The predicted molar refractivity (Wildman–Crippen MR) is 115 cm³/mol. The zero-order valence-corrected chi connectivity index (χ0v) is 17.2. The Balaban J connectivity index is 0.00000261. The lowest BCUT2D eigenvalue weighted by atomic mass is 10.0. The van der Waals surface area contributed by atoms with Gasteiger partial charge in [-0.2, -0.15) is 0 Å². The molecule has 0 aliphatic carbocycles. The highest BCUT2D eigenvalue weighted by Gasteiger charge is 2.10. The van der Waals surface area contributed by atoms with Crippen molar-refractivity contribution in [3.8, 4) is 11.5 Å². The van der Waals surface area contributed by atoms with Crippen molar-refractivity contribution in [1.29, 1.82) is 0 Å². The number of nitrogens with zero attached hydrogens (tertiary/aromatic N) is 2. The van der Waals surface area contributed by atoms with Crippen molar-refractivity contribution < 1.29 is 4.42 Å². The molecule has 0 spiro atoms. The summed E-state index contributed by atoms with van der Waals surface area (Å²) in [7, 11) is 4.29. The Morgan fingerprint density at radius 1 is 1.11 bits per heavy atom. The van der Waals surface area contributed by atoms with Crippen LogP contribution < -0.4 is 5.32 Å². The zero-order chi connectivity index (χ0) is 18.5. The van der Waals surface area contributed by atoms with Crippen molar-refractivity contribution >= 4 is 23.8 Å². The summed E-state index contributed by atoms with van der Waals surface area (Å²) >= 11 is 0. The molecule has 3 aromatic rings. The first-order valence-corrected chi connectivity index (χ1v) is 9.09. The summed E-state index contributed by atoms with van der Waals surface area (Å²) in [5.41, 5.74) is 5.66. The Morgan fingerprint density at radius 2 is 1.85 bits per heavy atom. The average molecular weight is 386 g/mol. The number of aromatic nitrogens is 1. The van der Waals surface area contributed by atoms with Crippen molar-refractivity contribution in [3.63, 3.8) is 0 Å². The molecule has 3 rings (SSSR count). The van der Waals surface area contributed by atoms with Gasteiger partial charge in [0, 0.05) is 23.0 Å². The largest absolute Gasteiger partial charge is 0.445 e. The van der Waals surface area contributed by atoms with Gasteiger partial charge in [0.05, 0.1) is 6.20 Å². The standard InChI is InChI=1S/C22H27N3O.ClH/c1-5-20(25(3)4)14-17-7-10-19(11-8-17)24-21-15-18(9-6-16(21)2)22-23-12-13-26-22;/h6-13,15,20,24H,5,14H2,1-4H3;1H. The van der Waals surface area contributed by atoms with E-state index in [1.807, 2.05) is 6.07 Å². The Kier molecular flexibility index (Phi) is 7.45. The Labute approximate surface area is 168 Å². The normalized spacial score (nSPS) is 11.9. The van der Waals surface area contributed by atoms with Gasteiger partial charge in [-0.15, -0.1) is 12.4 Å². The molecule has 4 nitrogen and oxygen atoms in total. The molecule has 0 fully saturated rings. The number of hydrogen-bond donors (Lipinski definition) is 1. The molecule has 5 heteroatoms. The molecule has 1 N–H and O–H groups in total. The Bertz CT molecular complexity index is 829. The predicted octanol–water partition coefficient (Wildman–Crippen LogP) is 5.70. The number of aryl methyl sites for hydroxylation is 1. The number of oxazole rings is 1. The molecule has 1 aromatic heterocycles. The van der Waals surface area contributed by atoms with Crippen LogP contribution in [0.4, 0.5) is 11.4 Å². The Morgan fingerprint density at radius 3 is 2.44 bits per heavy atom. The highest BCUT2D eigenvalue weighted by Crippen LogP contribution is 2.27. The summed E-state index contributed by atoms with van der Waals surface area (Å²) < 4.78 is 5.40. The minimum atomic E-state index is 0. The van der Waals surface area contributed by atoms with Gasteiger partial charge in [-0.3, -0.25) is 0 Å². The first-order valence-electron chi connectivity index (χ1n) is 9.09. The smallest absolute Gasteiger partial charge is 0.225 e. The van der Waals surface area contributed by atoms with Gasteiger partial charge in [0.2, 0.25) is 5.89 Å². The molecule has 0 saturated heterocycles. The van der Waals surface area contributed by atoms with Crippen molar-refractivity contribution in [2.45, 2.75) is 32.7 Å². The number of benzene rings is 2. The van der Waals surface area contributed by atoms with Crippen LogP contribution in [0.3, 0.4) is 0 Å². The fourth-order valence-electron chi connectivity index (χ4n) is 3.10. The minimum Gasteiger partial charge on any atom is -0.445 e. The molecule has 0 saturated carbocycles. The SMILES string of the molecule is CCC(Cc1ccc(Nc2cc(-c3ncco3)ccc2C)cc1)N(C)C.Cl. The average Bonchev–Trinajstić information content (AvgIpc) is 3.17. The summed E-state index contributed by atoms with van der Waals surface area (Å²) in [6.07, 6.45) is 5.49. The quantitative estimate of drug-likeness (QED) is 0.566. The second kappa shape index (κ2) is 9.58. The topological polar surface area (TPSA) is 41.3 Å². The van der Waals surface area contributed by atoms with Crippen LogP contribution in [0.15, 0.2) is 59.3 Å². The monoisotopic (exact) mass is 385 g/mol. The van der Waals surface area contributed by atoms with Crippen LogP contribution >= 0.6 is 12.4 Å². The van der Waals surface area contributed by atoms with Gasteiger partial charge in [0.1, 0.15) is 6.26 Å². The first kappa shape index (κ1) is 21.0. The zero-order valence-electron chi connectivity index (χ0n) is 16.4. The van der Waals surface area contributed by atoms with Gasteiger partial charge in [-0.1, -0.05) is 25.1 Å². The summed E-state index contributed by atoms with van der Waals surface area (Å²) in [5.74, 6) is 0.637. The maximum atomic E-state index is 5.40. The van der Waals surface area contributed by atoms with Gasteiger partial charge in [0.25, 0.3) is 0 Å². The molecular formula is C22H28ClN3O. The summed E-state index contributed by atoms with van der Waals surface area (Å²) in [4.78, 5) is 6.52. The third kappa shape index (κ3) is 5.34. The fraction of sp³-hybridized carbons (Fsp3) is 0.318. The van der Waals surface area contributed by atoms with E-state index < -0.39 is 0 Å². The molecule has 1 unspecified atom stereocenters. The Hall–Kier alpha value is -2.30. The summed E-state index contributed by atoms with van der Waals surface area (Å²) in [6.45, 7) is 4.34. The fourth-order valence-corrected chi connectivity index (χ4v) is 3.10. The lowest BCUT2D eigenvalue weighted by molar-refractivity contribution is 0.284. The van der Waals surface area contributed by atoms with Crippen molar-refractivity contribution in [1.82, 2.24) is 9.88 Å². The van der Waals surface area contributed by atoms with E-state index in [9.17, 15) is 0 Å². The van der Waals surface area contributed by atoms with Gasteiger partial charge in [-0.05, 0) is 69.3 Å². The summed E-state index contributed by atoms with van der Waals surface area (Å²) in [5, 5.41) is 3.51. The first-order chi connectivity index (χ1) is 12.6. The van der Waals surface area contributed by atoms with Crippen LogP contribution in [0.5, 0.6) is 0 Å². The molecule has 1 atom stereocenters. The molecule has 0 aliphatic rings. The second-order valence-electron chi connectivity index (χ2n) is 6.92. The third-order valence-corrected chi connectivity index (χ3v) is 4.82. The molecular weight excluding hydrogens is 358 g/mol. The minimum absolute atomic E-state index is 0. The lowest BCUT2D eigenvalue weighted by Crippen LogP contribution is -2.29. The maximum Gasteiger partial charge on any atom is 0.225 e. The number of halogens is 1. The van der Waals surface area contributed by atoms with Gasteiger partial charge < -0.3 is 14.6 Å². The van der Waals surface area contributed by atoms with Crippen LogP contribution in [0, 0.1) is 6.92 Å². The number of nitrogens with one attached hydrogen (secondary N) is 1. The van der Waals surface area contributed by atoms with Gasteiger partial charge in [0.15, 0.2) is 0 Å². The van der Waals surface area contributed by atoms with Gasteiger partial charge >= 0.3 is 0 Å². The van der Waals surface area contributed by atoms with Crippen LogP contribution in [0.1, 0.15) is 24.5 Å². The lowest BCUT2D eigenvalue weighted by Gasteiger charge is -2.23. The van der Waals surface area contributed by atoms with Crippen molar-refractivity contribution in [2.75, 3.05) is 19.4 Å². The van der Waals surface area contributed by atoms with E-state index in [-0.39, 0.29) is 12.4 Å². The van der Waals surface area contributed by atoms with Crippen molar-refractivity contribution in [3.05, 3.63) is 66.1 Å². The number of likely N-dealkylation sites (N-methyl/N-ethyl adjacent to an activating group) is 1. The van der Waals surface area contributed by atoms with E-state index in [4.69, 9.17) is 4.42 Å². The van der Waals surface area contributed by atoms with Crippen LogP contribution in [0.2, 0.25) is 0 Å². The van der Waals surface area contributed by atoms with Crippen LogP contribution in [0.25, 0.3) is 11.5 Å². The number of hydrogen-bond acceptors (Lipinski definition) is 4. The molecule has 0 amide bonds. The molecule has 2 aromatic carbocycles. The summed E-state index contributed by atoms with van der Waals surface area (Å²) in [6, 6.07) is 15.5.